The van der Waals surface area contributed by atoms with E-state index in [0.717, 1.165) is 23.2 Å². The first-order chi connectivity index (χ1) is 13.0. The fourth-order valence-corrected chi connectivity index (χ4v) is 4.76. The Bertz CT molecular complexity index is 786. The number of thioether (sulfide) groups is 1. The largest absolute Gasteiger partial charge is 0.323 e. The van der Waals surface area contributed by atoms with Crippen LogP contribution in [0.25, 0.3) is 0 Å². The van der Waals surface area contributed by atoms with E-state index >= 15 is 0 Å². The summed E-state index contributed by atoms with van der Waals surface area (Å²) in [6.45, 7) is 5.15. The van der Waals surface area contributed by atoms with Crippen LogP contribution in [0.2, 0.25) is 0 Å². The van der Waals surface area contributed by atoms with Crippen LogP contribution in [0.5, 0.6) is 0 Å². The van der Waals surface area contributed by atoms with E-state index < -0.39 is 0 Å². The third kappa shape index (κ3) is 5.86. The number of hydrogen-bond donors (Lipinski definition) is 2. The summed E-state index contributed by atoms with van der Waals surface area (Å²) in [7, 11) is 2.04. The van der Waals surface area contributed by atoms with Crippen molar-refractivity contribution in [3.63, 3.8) is 0 Å². The molecular weight excluding hydrogens is 406 g/mol. The topological polar surface area (TPSA) is 103 Å². The van der Waals surface area contributed by atoms with E-state index in [9.17, 15) is 9.59 Å². The molecule has 1 aliphatic heterocycles. The average Bonchev–Trinajstić information content (AvgIpc) is 3.25. The highest BCUT2D eigenvalue weighted by molar-refractivity contribution is 8.01. The fraction of sp³-hybridized carbons (Fsp3) is 0.533. The molecule has 9 nitrogen and oxygen atoms in total. The first-order valence-corrected chi connectivity index (χ1v) is 11.2. The van der Waals surface area contributed by atoms with Crippen LogP contribution in [0.4, 0.5) is 15.1 Å². The SMILES string of the molecule is CCSc1nnc(NC(=O)Cc2csc(NC(=O)N3CCN(C)CC3)n2)s1. The van der Waals surface area contributed by atoms with Gasteiger partial charge >= 0.3 is 6.03 Å². The monoisotopic (exact) mass is 427 g/mol. The number of amides is 3. The summed E-state index contributed by atoms with van der Waals surface area (Å²) in [6, 6.07) is -0.150. The number of anilines is 2. The fourth-order valence-electron chi connectivity index (χ4n) is 2.40. The van der Waals surface area contributed by atoms with Gasteiger partial charge in [-0.3, -0.25) is 10.1 Å². The van der Waals surface area contributed by atoms with Gasteiger partial charge in [-0.25, -0.2) is 9.78 Å². The number of hydrogen-bond acceptors (Lipinski definition) is 9. The van der Waals surface area contributed by atoms with E-state index in [1.807, 2.05) is 14.0 Å². The summed E-state index contributed by atoms with van der Waals surface area (Å²) in [5, 5.41) is 16.2. The molecule has 0 unspecified atom stereocenters. The summed E-state index contributed by atoms with van der Waals surface area (Å²) in [6.07, 6.45) is 0.122. The highest BCUT2D eigenvalue weighted by Crippen LogP contribution is 2.25. The van der Waals surface area contributed by atoms with Gasteiger partial charge in [0, 0.05) is 31.6 Å². The number of carbonyl (C=O) groups excluding carboxylic acids is 2. The summed E-state index contributed by atoms with van der Waals surface area (Å²) in [4.78, 5) is 32.7. The number of aromatic nitrogens is 3. The van der Waals surface area contributed by atoms with Gasteiger partial charge in [-0.15, -0.1) is 21.5 Å². The second-order valence-corrected chi connectivity index (χ2v) is 9.24. The molecule has 0 aliphatic carbocycles. The van der Waals surface area contributed by atoms with Gasteiger partial charge in [0.25, 0.3) is 0 Å². The molecular formula is C15H21N7O2S3. The van der Waals surface area contributed by atoms with Gasteiger partial charge in [-0.05, 0) is 12.8 Å². The minimum absolute atomic E-state index is 0.122. The van der Waals surface area contributed by atoms with Gasteiger partial charge in [-0.1, -0.05) is 30.0 Å². The number of carbonyl (C=O) groups is 2. The maximum atomic E-state index is 12.3. The van der Waals surface area contributed by atoms with Crippen LogP contribution >= 0.6 is 34.4 Å². The van der Waals surface area contributed by atoms with Crippen LogP contribution in [-0.4, -0.2) is 75.9 Å². The highest BCUT2D eigenvalue weighted by atomic mass is 32.2. The average molecular weight is 428 g/mol. The molecule has 1 aliphatic rings. The van der Waals surface area contributed by atoms with E-state index in [0.29, 0.717) is 29.0 Å². The van der Waals surface area contributed by atoms with Crippen molar-refractivity contribution in [2.45, 2.75) is 17.7 Å². The lowest BCUT2D eigenvalue weighted by atomic mass is 10.3. The van der Waals surface area contributed by atoms with Crippen LogP contribution < -0.4 is 10.6 Å². The molecule has 12 heteroatoms. The third-order valence-corrected chi connectivity index (χ3v) is 6.48. The molecule has 0 spiro atoms. The van der Waals surface area contributed by atoms with Gasteiger partial charge in [0.15, 0.2) is 9.47 Å². The normalized spacial score (nSPS) is 15.0. The lowest BCUT2D eigenvalue weighted by Crippen LogP contribution is -2.48. The van der Waals surface area contributed by atoms with Gasteiger partial charge in [0.05, 0.1) is 12.1 Å². The van der Waals surface area contributed by atoms with Gasteiger partial charge in [-0.2, -0.15) is 0 Å². The molecule has 0 atom stereocenters. The lowest BCUT2D eigenvalue weighted by Gasteiger charge is -2.32. The Labute approximate surface area is 169 Å². The zero-order chi connectivity index (χ0) is 19.2. The summed E-state index contributed by atoms with van der Waals surface area (Å²) >= 11 is 4.25. The molecule has 2 aromatic heterocycles. The second-order valence-electron chi connectivity index (χ2n) is 5.90. The van der Waals surface area contributed by atoms with Gasteiger partial charge in [0.1, 0.15) is 0 Å². The van der Waals surface area contributed by atoms with E-state index in [-0.39, 0.29) is 18.4 Å². The first kappa shape index (κ1) is 20.0. The molecule has 2 N–H and O–H groups in total. The quantitative estimate of drug-likeness (QED) is 0.537. The van der Waals surface area contributed by atoms with Crippen molar-refractivity contribution in [3.8, 4) is 0 Å². The van der Waals surface area contributed by atoms with E-state index in [4.69, 9.17) is 0 Å². The lowest BCUT2D eigenvalue weighted by molar-refractivity contribution is -0.115. The Kier molecular flexibility index (Phi) is 6.99. The molecule has 27 heavy (non-hydrogen) atoms. The van der Waals surface area contributed by atoms with Crippen molar-refractivity contribution in [2.24, 2.45) is 0 Å². The van der Waals surface area contributed by atoms with Crippen molar-refractivity contribution in [1.82, 2.24) is 25.0 Å². The predicted molar refractivity (Wildman–Crippen MR) is 109 cm³/mol. The van der Waals surface area contributed by atoms with Crippen LogP contribution in [0.3, 0.4) is 0 Å². The number of rotatable bonds is 6. The number of thiazole rings is 1. The van der Waals surface area contributed by atoms with Crippen LogP contribution in [0.1, 0.15) is 12.6 Å². The molecule has 0 saturated carbocycles. The molecule has 146 valence electrons. The zero-order valence-corrected chi connectivity index (χ0v) is 17.5. The summed E-state index contributed by atoms with van der Waals surface area (Å²) < 4.78 is 0.829. The van der Waals surface area contributed by atoms with E-state index in [2.05, 4.69) is 30.7 Å². The van der Waals surface area contributed by atoms with Gasteiger partial charge in [0.2, 0.25) is 11.0 Å². The number of piperazine rings is 1. The minimum Gasteiger partial charge on any atom is -0.322 e. The maximum absolute atomic E-state index is 12.3. The van der Waals surface area contributed by atoms with Crippen molar-refractivity contribution < 1.29 is 9.59 Å². The smallest absolute Gasteiger partial charge is 0.322 e. The molecule has 0 bridgehead atoms. The Morgan fingerprint density at radius 2 is 1.96 bits per heavy atom. The Morgan fingerprint density at radius 1 is 1.19 bits per heavy atom. The molecule has 1 saturated heterocycles. The molecule has 2 aromatic rings. The van der Waals surface area contributed by atoms with Crippen molar-refractivity contribution in [2.75, 3.05) is 49.6 Å². The number of nitrogens with one attached hydrogen (secondary N) is 2. The highest BCUT2D eigenvalue weighted by Gasteiger charge is 2.20. The standard InChI is InChI=1S/C15H21N7O2S3/c1-3-25-15-20-19-13(27-15)17-11(23)8-10-9-26-12(16-10)18-14(24)22-6-4-21(2)5-7-22/h9H,3-8H2,1-2H3,(H,16,18,24)(H,17,19,23). The Balaban J connectivity index is 1.48. The molecule has 0 aromatic carbocycles. The van der Waals surface area contributed by atoms with Crippen molar-refractivity contribution in [1.29, 1.82) is 0 Å². The maximum Gasteiger partial charge on any atom is 0.323 e. The van der Waals surface area contributed by atoms with E-state index in [1.54, 1.807) is 22.0 Å². The predicted octanol–water partition coefficient (Wildman–Crippen LogP) is 2.07. The second kappa shape index (κ2) is 9.44. The molecule has 3 heterocycles. The molecule has 3 rings (SSSR count). The van der Waals surface area contributed by atoms with Crippen LogP contribution in [-0.2, 0) is 11.2 Å². The zero-order valence-electron chi connectivity index (χ0n) is 15.1. The van der Waals surface area contributed by atoms with Gasteiger partial charge < -0.3 is 15.1 Å². The number of urea groups is 1. The number of nitrogens with zero attached hydrogens (tertiary/aromatic N) is 5. The van der Waals surface area contributed by atoms with Crippen LogP contribution in [0, 0.1) is 0 Å². The first-order valence-electron chi connectivity index (χ1n) is 8.48. The third-order valence-electron chi connectivity index (χ3n) is 3.82. The van der Waals surface area contributed by atoms with Crippen molar-refractivity contribution in [3.05, 3.63) is 11.1 Å². The number of likely N-dealkylation sites (N-methyl/N-ethyl adjacent to an activating group) is 1. The molecule has 3 amide bonds. The molecule has 1 fully saturated rings. The summed E-state index contributed by atoms with van der Waals surface area (Å²) in [5.41, 5.74) is 0.610. The van der Waals surface area contributed by atoms with Crippen molar-refractivity contribution >= 4 is 56.6 Å². The minimum atomic E-state index is -0.207. The van der Waals surface area contributed by atoms with E-state index in [1.165, 1.54) is 22.7 Å². The summed E-state index contributed by atoms with van der Waals surface area (Å²) in [5.74, 6) is 0.700. The Hall–Kier alpha value is -1.76. The van der Waals surface area contributed by atoms with Crippen LogP contribution in [0.15, 0.2) is 9.72 Å². The Morgan fingerprint density at radius 3 is 2.70 bits per heavy atom. The molecule has 0 radical (unpaired) electrons.